The normalized spacial score (nSPS) is 19.0. The van der Waals surface area contributed by atoms with E-state index in [2.05, 4.69) is 0 Å². The first-order chi connectivity index (χ1) is 5.16. The predicted octanol–water partition coefficient (Wildman–Crippen LogP) is 1.07. The molecule has 0 spiro atoms. The Bertz CT molecular complexity index is 186. The van der Waals surface area contributed by atoms with Gasteiger partial charge in [-0.3, -0.25) is 4.79 Å². The van der Waals surface area contributed by atoms with Crippen LogP contribution in [0.1, 0.15) is 26.2 Å². The fraction of sp³-hybridized carbons (Fsp3) is 0.714. The van der Waals surface area contributed by atoms with Gasteiger partial charge >= 0.3 is 6.09 Å². The van der Waals surface area contributed by atoms with E-state index in [1.54, 1.807) is 0 Å². The Kier molecular flexibility index (Phi) is 1.85. The van der Waals surface area contributed by atoms with Crippen molar-refractivity contribution in [3.05, 3.63) is 0 Å². The van der Waals surface area contributed by atoms with Crippen molar-refractivity contribution in [2.45, 2.75) is 31.7 Å². The van der Waals surface area contributed by atoms with E-state index in [9.17, 15) is 9.59 Å². The second-order valence-corrected chi connectivity index (χ2v) is 2.84. The van der Waals surface area contributed by atoms with E-state index in [1.807, 2.05) is 6.92 Å². The molecule has 62 valence electrons. The Morgan fingerprint density at radius 3 is 2.36 bits per heavy atom. The first-order valence-electron chi connectivity index (χ1n) is 3.64. The van der Waals surface area contributed by atoms with Crippen molar-refractivity contribution in [1.29, 1.82) is 0 Å². The van der Waals surface area contributed by atoms with Crippen molar-refractivity contribution in [2.75, 3.05) is 0 Å². The van der Waals surface area contributed by atoms with Crippen molar-refractivity contribution in [3.63, 3.8) is 0 Å². The maximum Gasteiger partial charge on any atom is 0.414 e. The minimum atomic E-state index is -1.14. The summed E-state index contributed by atoms with van der Waals surface area (Å²) in [4.78, 5) is 21.7. The second-order valence-electron chi connectivity index (χ2n) is 2.84. The third kappa shape index (κ3) is 1.20. The fourth-order valence-electron chi connectivity index (χ4n) is 1.27. The molecule has 0 heterocycles. The summed E-state index contributed by atoms with van der Waals surface area (Å²) < 4.78 is 0. The number of nitrogens with zero attached hydrogens (tertiary/aromatic N) is 1. The molecule has 1 N–H and O–H groups in total. The Labute approximate surface area is 64.8 Å². The van der Waals surface area contributed by atoms with Crippen LogP contribution in [0.15, 0.2) is 0 Å². The number of amides is 2. The molecule has 11 heavy (non-hydrogen) atoms. The van der Waals surface area contributed by atoms with E-state index >= 15 is 0 Å². The Hall–Kier alpha value is -1.06. The van der Waals surface area contributed by atoms with Gasteiger partial charge in [0.05, 0.1) is 5.54 Å². The maximum atomic E-state index is 10.5. The van der Waals surface area contributed by atoms with Crippen molar-refractivity contribution in [2.24, 2.45) is 0 Å². The molecule has 0 aromatic carbocycles. The van der Waals surface area contributed by atoms with Crippen molar-refractivity contribution in [3.8, 4) is 0 Å². The molecule has 1 rings (SSSR count). The summed E-state index contributed by atoms with van der Waals surface area (Å²) in [5.41, 5.74) is -0.354. The first kappa shape index (κ1) is 8.04. The minimum absolute atomic E-state index is 0.354. The van der Waals surface area contributed by atoms with E-state index < -0.39 is 6.09 Å². The van der Waals surface area contributed by atoms with Crippen LogP contribution in [-0.2, 0) is 4.79 Å². The Morgan fingerprint density at radius 2 is 2.27 bits per heavy atom. The molecule has 1 aliphatic carbocycles. The van der Waals surface area contributed by atoms with Gasteiger partial charge in [0.1, 0.15) is 0 Å². The fourth-order valence-corrected chi connectivity index (χ4v) is 1.27. The molecule has 0 radical (unpaired) electrons. The topological polar surface area (TPSA) is 57.6 Å². The Balaban J connectivity index is 2.69. The summed E-state index contributed by atoms with van der Waals surface area (Å²) in [6, 6.07) is 0. The second kappa shape index (κ2) is 2.53. The number of carboxylic acid groups (broad SMARTS) is 1. The van der Waals surface area contributed by atoms with Gasteiger partial charge in [0, 0.05) is 0 Å². The van der Waals surface area contributed by atoms with Gasteiger partial charge < -0.3 is 5.11 Å². The summed E-state index contributed by atoms with van der Waals surface area (Å²) in [6.45, 7) is 1.90. The smallest absolute Gasteiger partial charge is 0.414 e. The third-order valence-corrected chi connectivity index (χ3v) is 2.31. The predicted molar refractivity (Wildman–Crippen MR) is 38.2 cm³/mol. The summed E-state index contributed by atoms with van der Waals surface area (Å²) >= 11 is 0. The van der Waals surface area contributed by atoms with E-state index in [-0.39, 0.29) is 5.54 Å². The number of imide groups is 1. The average molecular weight is 157 g/mol. The zero-order valence-corrected chi connectivity index (χ0v) is 6.41. The highest BCUT2D eigenvalue weighted by Crippen LogP contribution is 2.43. The lowest BCUT2D eigenvalue weighted by Crippen LogP contribution is -2.39. The number of rotatable bonds is 3. The number of carbonyl (C=O) groups excluding carboxylic acids is 1. The Morgan fingerprint density at radius 1 is 1.73 bits per heavy atom. The van der Waals surface area contributed by atoms with Gasteiger partial charge in [0.25, 0.3) is 0 Å². The zero-order valence-electron chi connectivity index (χ0n) is 6.41. The van der Waals surface area contributed by atoms with Gasteiger partial charge in [-0.2, -0.15) is 0 Å². The highest BCUT2D eigenvalue weighted by molar-refractivity contribution is 5.80. The summed E-state index contributed by atoms with van der Waals surface area (Å²) in [5.74, 6) is 0. The average Bonchev–Trinajstić information content (AvgIpc) is 2.70. The van der Waals surface area contributed by atoms with Gasteiger partial charge in [-0.05, 0) is 19.3 Å². The van der Waals surface area contributed by atoms with Gasteiger partial charge in [-0.15, -0.1) is 0 Å². The molecule has 0 bridgehead atoms. The van der Waals surface area contributed by atoms with Crippen LogP contribution in [0.5, 0.6) is 0 Å². The van der Waals surface area contributed by atoms with Crippen molar-refractivity contribution >= 4 is 12.5 Å². The van der Waals surface area contributed by atoms with Crippen LogP contribution in [0.25, 0.3) is 0 Å². The van der Waals surface area contributed by atoms with E-state index in [0.29, 0.717) is 6.41 Å². The minimum Gasteiger partial charge on any atom is -0.465 e. The van der Waals surface area contributed by atoms with Crippen molar-refractivity contribution in [1.82, 2.24) is 4.90 Å². The standard InChI is InChI=1S/C7H11NO3/c1-2-7(3-4-7)8(5-9)6(10)11/h5H,2-4H2,1H3,(H,10,11). The molecule has 0 atom stereocenters. The molecule has 0 aromatic heterocycles. The molecule has 0 saturated heterocycles. The van der Waals surface area contributed by atoms with E-state index in [4.69, 9.17) is 5.11 Å². The van der Waals surface area contributed by atoms with Gasteiger partial charge in [-0.1, -0.05) is 6.92 Å². The maximum absolute atomic E-state index is 10.5. The highest BCUT2D eigenvalue weighted by Gasteiger charge is 2.48. The molecule has 4 nitrogen and oxygen atoms in total. The van der Waals surface area contributed by atoms with Crippen LogP contribution >= 0.6 is 0 Å². The molecule has 2 amide bonds. The largest absolute Gasteiger partial charge is 0.465 e. The number of carbonyl (C=O) groups is 2. The molecular weight excluding hydrogens is 146 g/mol. The van der Waals surface area contributed by atoms with Crippen LogP contribution < -0.4 is 0 Å². The van der Waals surface area contributed by atoms with E-state index in [0.717, 1.165) is 24.2 Å². The summed E-state index contributed by atoms with van der Waals surface area (Å²) in [5, 5.41) is 8.57. The van der Waals surface area contributed by atoms with E-state index in [1.165, 1.54) is 0 Å². The zero-order chi connectivity index (χ0) is 8.48. The lowest BCUT2D eigenvalue weighted by molar-refractivity contribution is -0.118. The van der Waals surface area contributed by atoms with Crippen LogP contribution in [-0.4, -0.2) is 28.0 Å². The molecule has 1 aliphatic rings. The monoisotopic (exact) mass is 157 g/mol. The quantitative estimate of drug-likeness (QED) is 0.623. The highest BCUT2D eigenvalue weighted by atomic mass is 16.4. The van der Waals surface area contributed by atoms with Crippen LogP contribution in [0.3, 0.4) is 0 Å². The first-order valence-corrected chi connectivity index (χ1v) is 3.64. The molecule has 0 aromatic rings. The summed E-state index contributed by atoms with van der Waals surface area (Å²) in [6.07, 6.45) is 1.61. The molecule has 1 saturated carbocycles. The molecule has 1 fully saturated rings. The molecule has 0 aliphatic heterocycles. The van der Waals surface area contributed by atoms with Gasteiger partial charge in [-0.25, -0.2) is 9.69 Å². The lowest BCUT2D eigenvalue weighted by Gasteiger charge is -2.21. The van der Waals surface area contributed by atoms with Crippen LogP contribution in [0.2, 0.25) is 0 Å². The lowest BCUT2D eigenvalue weighted by atomic mass is 10.2. The SMILES string of the molecule is CCC1(N(C=O)C(=O)O)CC1. The number of hydrogen-bond donors (Lipinski definition) is 1. The van der Waals surface area contributed by atoms with Crippen molar-refractivity contribution < 1.29 is 14.7 Å². The van der Waals surface area contributed by atoms with Gasteiger partial charge in [0.15, 0.2) is 0 Å². The number of hydrogen-bond acceptors (Lipinski definition) is 2. The third-order valence-electron chi connectivity index (χ3n) is 2.31. The van der Waals surface area contributed by atoms with Crippen LogP contribution in [0.4, 0.5) is 4.79 Å². The summed E-state index contributed by atoms with van der Waals surface area (Å²) in [7, 11) is 0. The van der Waals surface area contributed by atoms with Crippen LogP contribution in [0, 0.1) is 0 Å². The molecule has 0 unspecified atom stereocenters. The molecule has 4 heteroatoms. The molecular formula is C7H11NO3. The van der Waals surface area contributed by atoms with Gasteiger partial charge in [0.2, 0.25) is 6.41 Å².